The summed E-state index contributed by atoms with van der Waals surface area (Å²) in [7, 11) is -3.77. The van der Waals surface area contributed by atoms with Gasteiger partial charge in [-0.2, -0.15) is 0 Å². The lowest BCUT2D eigenvalue weighted by atomic mass is 10.2. The van der Waals surface area contributed by atoms with Crippen molar-refractivity contribution in [1.29, 1.82) is 0 Å². The molecular formula is C20H23F2N3O3S. The minimum atomic E-state index is -3.77. The Labute approximate surface area is 169 Å². The number of anilines is 2. The molecule has 1 heterocycles. The van der Waals surface area contributed by atoms with E-state index in [0.29, 0.717) is 31.9 Å². The molecule has 2 aromatic carbocycles. The van der Waals surface area contributed by atoms with Gasteiger partial charge in [0.1, 0.15) is 17.7 Å². The van der Waals surface area contributed by atoms with E-state index in [2.05, 4.69) is 0 Å². The van der Waals surface area contributed by atoms with Gasteiger partial charge in [-0.15, -0.1) is 0 Å². The van der Waals surface area contributed by atoms with Crippen LogP contribution in [0.1, 0.15) is 6.92 Å². The molecule has 6 nitrogen and oxygen atoms in total. The molecule has 0 aromatic heterocycles. The van der Waals surface area contributed by atoms with Gasteiger partial charge in [0.25, 0.3) is 0 Å². The van der Waals surface area contributed by atoms with Gasteiger partial charge in [-0.05, 0) is 43.3 Å². The van der Waals surface area contributed by atoms with E-state index >= 15 is 0 Å². The van der Waals surface area contributed by atoms with E-state index in [4.69, 9.17) is 0 Å². The van der Waals surface area contributed by atoms with Gasteiger partial charge in [-0.25, -0.2) is 17.2 Å². The van der Waals surface area contributed by atoms with E-state index in [1.165, 1.54) is 25.1 Å². The summed E-state index contributed by atoms with van der Waals surface area (Å²) in [6, 6.07) is 10.4. The van der Waals surface area contributed by atoms with Crippen LogP contribution in [-0.2, 0) is 14.8 Å². The molecule has 0 radical (unpaired) electrons. The molecule has 1 atom stereocenters. The van der Waals surface area contributed by atoms with Crippen LogP contribution in [0.25, 0.3) is 0 Å². The van der Waals surface area contributed by atoms with Crippen LogP contribution < -0.4 is 9.21 Å². The molecule has 0 unspecified atom stereocenters. The van der Waals surface area contributed by atoms with Crippen LogP contribution in [0.3, 0.4) is 0 Å². The number of piperazine rings is 1. The predicted molar refractivity (Wildman–Crippen MR) is 108 cm³/mol. The van der Waals surface area contributed by atoms with Gasteiger partial charge in [-0.3, -0.25) is 9.10 Å². The number of carbonyl (C=O) groups is 1. The molecule has 1 aliphatic heterocycles. The first-order valence-electron chi connectivity index (χ1n) is 9.21. The van der Waals surface area contributed by atoms with Gasteiger partial charge < -0.3 is 9.80 Å². The van der Waals surface area contributed by atoms with Crippen molar-refractivity contribution in [2.45, 2.75) is 13.0 Å². The largest absolute Gasteiger partial charge is 0.366 e. The van der Waals surface area contributed by atoms with E-state index in [9.17, 15) is 22.0 Å². The Morgan fingerprint density at radius 1 is 1.00 bits per heavy atom. The van der Waals surface area contributed by atoms with Crippen molar-refractivity contribution < 1.29 is 22.0 Å². The number of carbonyl (C=O) groups excluding carboxylic acids is 1. The summed E-state index contributed by atoms with van der Waals surface area (Å²) in [4.78, 5) is 16.4. The molecule has 0 bridgehead atoms. The molecule has 0 aliphatic carbocycles. The molecule has 1 amide bonds. The summed E-state index contributed by atoms with van der Waals surface area (Å²) >= 11 is 0. The summed E-state index contributed by atoms with van der Waals surface area (Å²) in [5.41, 5.74) is 0.705. The zero-order chi connectivity index (χ0) is 21.2. The maximum absolute atomic E-state index is 14.0. The normalized spacial score (nSPS) is 15.9. The van der Waals surface area contributed by atoms with Gasteiger partial charge in [0.15, 0.2) is 0 Å². The van der Waals surface area contributed by atoms with Crippen LogP contribution in [0.5, 0.6) is 0 Å². The lowest BCUT2D eigenvalue weighted by Crippen LogP contribution is -2.55. The quantitative estimate of drug-likeness (QED) is 0.741. The highest BCUT2D eigenvalue weighted by Gasteiger charge is 2.33. The number of hydrogen-bond donors (Lipinski definition) is 0. The summed E-state index contributed by atoms with van der Waals surface area (Å²) in [6.07, 6.45) is 1.01. The fourth-order valence-corrected chi connectivity index (χ4v) is 4.70. The van der Waals surface area contributed by atoms with Crippen LogP contribution >= 0.6 is 0 Å². The minimum absolute atomic E-state index is 0.222. The van der Waals surface area contributed by atoms with Gasteiger partial charge >= 0.3 is 0 Å². The number of para-hydroxylation sites is 1. The molecule has 29 heavy (non-hydrogen) atoms. The molecule has 9 heteroatoms. The van der Waals surface area contributed by atoms with E-state index in [1.54, 1.807) is 23.1 Å². The van der Waals surface area contributed by atoms with Crippen molar-refractivity contribution in [3.8, 4) is 0 Å². The van der Waals surface area contributed by atoms with E-state index in [0.717, 1.165) is 22.7 Å². The third-order valence-corrected chi connectivity index (χ3v) is 6.17. The number of sulfonamides is 1. The van der Waals surface area contributed by atoms with Crippen molar-refractivity contribution >= 4 is 27.3 Å². The van der Waals surface area contributed by atoms with Crippen LogP contribution in [-0.4, -0.2) is 57.7 Å². The molecule has 1 aliphatic rings. The van der Waals surface area contributed by atoms with Crippen LogP contribution in [0.2, 0.25) is 0 Å². The van der Waals surface area contributed by atoms with Crippen LogP contribution in [0.4, 0.5) is 20.2 Å². The zero-order valence-corrected chi connectivity index (χ0v) is 17.1. The Morgan fingerprint density at radius 3 is 2.14 bits per heavy atom. The lowest BCUT2D eigenvalue weighted by molar-refractivity contribution is -0.132. The van der Waals surface area contributed by atoms with Crippen molar-refractivity contribution in [2.75, 3.05) is 41.6 Å². The van der Waals surface area contributed by atoms with Crippen molar-refractivity contribution in [2.24, 2.45) is 0 Å². The highest BCUT2D eigenvalue weighted by Crippen LogP contribution is 2.24. The highest BCUT2D eigenvalue weighted by molar-refractivity contribution is 7.92. The van der Waals surface area contributed by atoms with Gasteiger partial charge in [0, 0.05) is 26.2 Å². The topological polar surface area (TPSA) is 60.9 Å². The van der Waals surface area contributed by atoms with Gasteiger partial charge in [0.05, 0.1) is 17.6 Å². The van der Waals surface area contributed by atoms with Crippen LogP contribution in [0.15, 0.2) is 48.5 Å². The number of hydrogen-bond acceptors (Lipinski definition) is 4. The highest BCUT2D eigenvalue weighted by atomic mass is 32.2. The number of nitrogens with zero attached hydrogens (tertiary/aromatic N) is 3. The first kappa shape index (κ1) is 21.0. The monoisotopic (exact) mass is 423 g/mol. The smallest absolute Gasteiger partial charge is 0.246 e. The molecule has 0 N–H and O–H groups in total. The standard InChI is InChI=1S/C20H23F2N3O3S/c1-15(25(29(2,27)28)17-9-7-16(21)8-10-17)20(26)24-13-11-23(12-14-24)19-6-4-3-5-18(19)22/h3-10,15H,11-14H2,1-2H3/t15-/m0/s1. The molecule has 3 rings (SSSR count). The summed E-state index contributed by atoms with van der Waals surface area (Å²) in [5.74, 6) is -1.17. The first-order chi connectivity index (χ1) is 13.7. The maximum atomic E-state index is 14.0. The molecule has 0 spiro atoms. The Morgan fingerprint density at radius 2 is 1.59 bits per heavy atom. The second-order valence-electron chi connectivity index (χ2n) is 6.97. The third-order valence-electron chi connectivity index (χ3n) is 4.93. The average Bonchev–Trinajstić information content (AvgIpc) is 2.68. The Hall–Kier alpha value is -2.68. The number of halogens is 2. The van der Waals surface area contributed by atoms with E-state index in [1.807, 2.05) is 4.90 Å². The van der Waals surface area contributed by atoms with E-state index in [-0.39, 0.29) is 17.4 Å². The fourth-order valence-electron chi connectivity index (χ4n) is 3.53. The minimum Gasteiger partial charge on any atom is -0.366 e. The maximum Gasteiger partial charge on any atom is 0.246 e. The van der Waals surface area contributed by atoms with Crippen molar-refractivity contribution in [3.05, 3.63) is 60.2 Å². The third kappa shape index (κ3) is 4.67. The second-order valence-corrected chi connectivity index (χ2v) is 8.83. The van der Waals surface area contributed by atoms with Crippen molar-refractivity contribution in [1.82, 2.24) is 4.90 Å². The Kier molecular flexibility index (Phi) is 6.07. The van der Waals surface area contributed by atoms with Crippen molar-refractivity contribution in [3.63, 3.8) is 0 Å². The molecule has 156 valence electrons. The lowest BCUT2D eigenvalue weighted by Gasteiger charge is -2.39. The summed E-state index contributed by atoms with van der Waals surface area (Å²) in [6.45, 7) is 3.08. The average molecular weight is 423 g/mol. The predicted octanol–water partition coefficient (Wildman–Crippen LogP) is 2.47. The molecule has 1 saturated heterocycles. The van der Waals surface area contributed by atoms with Gasteiger partial charge in [0.2, 0.25) is 15.9 Å². The molecule has 0 saturated carbocycles. The Bertz CT molecular complexity index is 975. The SMILES string of the molecule is C[C@@H](C(=O)N1CCN(c2ccccc2F)CC1)N(c1ccc(F)cc1)S(C)(=O)=O. The van der Waals surface area contributed by atoms with Gasteiger partial charge in [-0.1, -0.05) is 12.1 Å². The van der Waals surface area contributed by atoms with E-state index < -0.39 is 21.9 Å². The molecule has 1 fully saturated rings. The second kappa shape index (κ2) is 8.36. The first-order valence-corrected chi connectivity index (χ1v) is 11.1. The van der Waals surface area contributed by atoms with Crippen LogP contribution in [0, 0.1) is 11.6 Å². The summed E-state index contributed by atoms with van der Waals surface area (Å²) < 4.78 is 52.9. The molecular weight excluding hydrogens is 400 g/mol. The number of benzene rings is 2. The molecule has 2 aromatic rings. The zero-order valence-electron chi connectivity index (χ0n) is 16.3. The fraction of sp³-hybridized carbons (Fsp3) is 0.350. The summed E-state index contributed by atoms with van der Waals surface area (Å²) in [5, 5.41) is 0. The number of amides is 1. The number of rotatable bonds is 5. The Balaban J connectivity index is 1.73.